The highest BCUT2D eigenvalue weighted by atomic mass is 19.1. The molecule has 0 saturated carbocycles. The third-order valence-electron chi connectivity index (χ3n) is 2.82. The molecule has 0 unspecified atom stereocenters. The van der Waals surface area contributed by atoms with Crippen LogP contribution in [0.25, 0.3) is 10.9 Å². The van der Waals surface area contributed by atoms with Gasteiger partial charge in [0.2, 0.25) is 0 Å². The summed E-state index contributed by atoms with van der Waals surface area (Å²) in [5.74, 6) is -0.602. The Bertz CT molecular complexity index is 734. The molecule has 4 nitrogen and oxygen atoms in total. The number of fused-ring (bicyclic) bond motifs is 1. The van der Waals surface area contributed by atoms with Gasteiger partial charge in [0.05, 0.1) is 17.3 Å². The number of aromatic nitrogens is 2. The molecule has 0 aliphatic rings. The fourth-order valence-corrected chi connectivity index (χ4v) is 1.89. The molecule has 2 aromatic carbocycles. The first-order valence-electron chi connectivity index (χ1n) is 5.73. The van der Waals surface area contributed by atoms with Gasteiger partial charge in [-0.05, 0) is 30.3 Å². The minimum atomic E-state index is -0.339. The Morgan fingerprint density at radius 1 is 1.16 bits per heavy atom. The third-order valence-corrected chi connectivity index (χ3v) is 2.82. The number of hydrogen-bond donors (Lipinski definition) is 2. The van der Waals surface area contributed by atoms with Gasteiger partial charge in [0.25, 0.3) is 5.91 Å². The number of halogens is 1. The Labute approximate surface area is 108 Å². The molecule has 5 heteroatoms. The lowest BCUT2D eigenvalue weighted by atomic mass is 10.1. The Balaban J connectivity index is 1.92. The van der Waals surface area contributed by atoms with Crippen LogP contribution in [0.2, 0.25) is 0 Å². The summed E-state index contributed by atoms with van der Waals surface area (Å²) >= 11 is 0. The van der Waals surface area contributed by atoms with Crippen molar-refractivity contribution in [2.24, 2.45) is 0 Å². The zero-order chi connectivity index (χ0) is 13.2. The van der Waals surface area contributed by atoms with Crippen molar-refractivity contribution in [1.82, 2.24) is 10.2 Å². The van der Waals surface area contributed by atoms with E-state index in [0.29, 0.717) is 16.8 Å². The predicted octanol–water partition coefficient (Wildman–Crippen LogP) is 2.95. The molecule has 0 atom stereocenters. The normalized spacial score (nSPS) is 10.6. The molecule has 0 bridgehead atoms. The van der Waals surface area contributed by atoms with Crippen molar-refractivity contribution >= 4 is 22.5 Å². The molecule has 1 amide bonds. The van der Waals surface area contributed by atoms with Gasteiger partial charge in [0.1, 0.15) is 5.82 Å². The largest absolute Gasteiger partial charge is 0.322 e. The minimum Gasteiger partial charge on any atom is -0.322 e. The molecule has 3 aromatic rings. The van der Waals surface area contributed by atoms with E-state index in [0.717, 1.165) is 5.39 Å². The molecule has 2 N–H and O–H groups in total. The predicted molar refractivity (Wildman–Crippen MR) is 70.4 cm³/mol. The smallest absolute Gasteiger partial charge is 0.257 e. The molecule has 3 rings (SSSR count). The van der Waals surface area contributed by atoms with E-state index in [1.165, 1.54) is 24.3 Å². The number of nitrogens with one attached hydrogen (secondary N) is 2. The Morgan fingerprint density at radius 2 is 1.95 bits per heavy atom. The summed E-state index contributed by atoms with van der Waals surface area (Å²) < 4.78 is 12.8. The van der Waals surface area contributed by atoms with E-state index in [1.807, 2.05) is 6.07 Å². The van der Waals surface area contributed by atoms with Crippen LogP contribution in [-0.2, 0) is 0 Å². The van der Waals surface area contributed by atoms with Crippen molar-refractivity contribution in [2.75, 3.05) is 5.32 Å². The number of H-pyrrole nitrogens is 1. The van der Waals surface area contributed by atoms with E-state index < -0.39 is 0 Å². The van der Waals surface area contributed by atoms with E-state index >= 15 is 0 Å². The lowest BCUT2D eigenvalue weighted by Crippen LogP contribution is -2.12. The first-order chi connectivity index (χ1) is 9.24. The van der Waals surface area contributed by atoms with Crippen molar-refractivity contribution in [3.05, 3.63) is 60.0 Å². The Hall–Kier alpha value is -2.69. The SMILES string of the molecule is O=C(Nc1ccc(F)cc1)c1cccc2cn[nH]c12. The quantitative estimate of drug-likeness (QED) is 0.739. The first kappa shape index (κ1) is 11.4. The summed E-state index contributed by atoms with van der Waals surface area (Å²) in [5, 5.41) is 10.3. The molecule has 0 aliphatic carbocycles. The maximum Gasteiger partial charge on any atom is 0.257 e. The zero-order valence-corrected chi connectivity index (χ0v) is 9.85. The third kappa shape index (κ3) is 2.18. The topological polar surface area (TPSA) is 57.8 Å². The monoisotopic (exact) mass is 255 g/mol. The second-order valence-electron chi connectivity index (χ2n) is 4.10. The summed E-state index contributed by atoms with van der Waals surface area (Å²) in [7, 11) is 0. The molecule has 0 radical (unpaired) electrons. The molecule has 1 heterocycles. The van der Waals surface area contributed by atoms with Gasteiger partial charge in [0.15, 0.2) is 0 Å². The van der Waals surface area contributed by atoms with Crippen molar-refractivity contribution in [3.63, 3.8) is 0 Å². The number of anilines is 1. The highest BCUT2D eigenvalue weighted by Crippen LogP contribution is 2.17. The minimum absolute atomic E-state index is 0.263. The van der Waals surface area contributed by atoms with Crippen LogP contribution >= 0.6 is 0 Å². The van der Waals surface area contributed by atoms with E-state index in [2.05, 4.69) is 15.5 Å². The lowest BCUT2D eigenvalue weighted by molar-refractivity contribution is 0.102. The van der Waals surface area contributed by atoms with Crippen molar-refractivity contribution in [1.29, 1.82) is 0 Å². The number of hydrogen-bond acceptors (Lipinski definition) is 2. The second-order valence-corrected chi connectivity index (χ2v) is 4.10. The van der Waals surface area contributed by atoms with Crippen LogP contribution in [0.1, 0.15) is 10.4 Å². The number of nitrogens with zero attached hydrogens (tertiary/aromatic N) is 1. The number of carbonyl (C=O) groups is 1. The van der Waals surface area contributed by atoms with E-state index in [4.69, 9.17) is 0 Å². The van der Waals surface area contributed by atoms with Gasteiger partial charge in [-0.25, -0.2) is 4.39 Å². The zero-order valence-electron chi connectivity index (χ0n) is 9.85. The first-order valence-corrected chi connectivity index (χ1v) is 5.73. The number of amides is 1. The number of rotatable bonds is 2. The van der Waals surface area contributed by atoms with Crippen LogP contribution in [0.5, 0.6) is 0 Å². The van der Waals surface area contributed by atoms with Gasteiger partial charge >= 0.3 is 0 Å². The summed E-state index contributed by atoms with van der Waals surface area (Å²) in [6.45, 7) is 0. The summed E-state index contributed by atoms with van der Waals surface area (Å²) in [5.41, 5.74) is 1.73. The molecule has 0 saturated heterocycles. The molecular formula is C14H10FN3O. The summed E-state index contributed by atoms with van der Waals surface area (Å²) in [6, 6.07) is 11.0. The maximum absolute atomic E-state index is 12.8. The van der Waals surface area contributed by atoms with Gasteiger partial charge in [-0.1, -0.05) is 12.1 Å². The summed E-state index contributed by atoms with van der Waals surface area (Å²) in [4.78, 5) is 12.2. The molecule has 19 heavy (non-hydrogen) atoms. The highest BCUT2D eigenvalue weighted by molar-refractivity contribution is 6.11. The average molecular weight is 255 g/mol. The second kappa shape index (κ2) is 4.53. The number of para-hydroxylation sites is 1. The number of aromatic amines is 1. The van der Waals surface area contributed by atoms with E-state index in [9.17, 15) is 9.18 Å². The molecule has 0 spiro atoms. The molecule has 0 aliphatic heterocycles. The summed E-state index contributed by atoms with van der Waals surface area (Å²) in [6.07, 6.45) is 1.66. The van der Waals surface area contributed by atoms with Gasteiger partial charge in [0, 0.05) is 11.1 Å². The van der Waals surface area contributed by atoms with Crippen LogP contribution < -0.4 is 5.32 Å². The highest BCUT2D eigenvalue weighted by Gasteiger charge is 2.11. The van der Waals surface area contributed by atoms with Crippen LogP contribution in [0.3, 0.4) is 0 Å². The van der Waals surface area contributed by atoms with Crippen LogP contribution in [0.4, 0.5) is 10.1 Å². The van der Waals surface area contributed by atoms with Gasteiger partial charge in [-0.2, -0.15) is 5.10 Å². The molecular weight excluding hydrogens is 245 g/mol. The number of carbonyl (C=O) groups excluding carboxylic acids is 1. The van der Waals surface area contributed by atoms with Crippen molar-refractivity contribution < 1.29 is 9.18 Å². The van der Waals surface area contributed by atoms with Gasteiger partial charge in [-0.3, -0.25) is 9.89 Å². The standard InChI is InChI=1S/C14H10FN3O/c15-10-4-6-11(7-5-10)17-14(19)12-3-1-2-9-8-16-18-13(9)12/h1-8H,(H,16,18)(H,17,19). The fourth-order valence-electron chi connectivity index (χ4n) is 1.89. The van der Waals surface area contributed by atoms with Gasteiger partial charge < -0.3 is 5.32 Å². The fraction of sp³-hybridized carbons (Fsp3) is 0. The Kier molecular flexibility index (Phi) is 2.72. The average Bonchev–Trinajstić information content (AvgIpc) is 2.89. The van der Waals surface area contributed by atoms with Crippen LogP contribution in [0.15, 0.2) is 48.7 Å². The van der Waals surface area contributed by atoms with Crippen LogP contribution in [-0.4, -0.2) is 16.1 Å². The molecule has 0 fully saturated rings. The maximum atomic E-state index is 12.8. The van der Waals surface area contributed by atoms with Crippen LogP contribution in [0, 0.1) is 5.82 Å². The lowest BCUT2D eigenvalue weighted by Gasteiger charge is -2.05. The van der Waals surface area contributed by atoms with Gasteiger partial charge in [-0.15, -0.1) is 0 Å². The van der Waals surface area contributed by atoms with Crippen molar-refractivity contribution in [3.8, 4) is 0 Å². The van der Waals surface area contributed by atoms with E-state index in [-0.39, 0.29) is 11.7 Å². The van der Waals surface area contributed by atoms with E-state index in [1.54, 1.807) is 18.3 Å². The number of benzene rings is 2. The van der Waals surface area contributed by atoms with Crippen molar-refractivity contribution in [2.45, 2.75) is 0 Å². The molecule has 1 aromatic heterocycles. The Morgan fingerprint density at radius 3 is 2.74 bits per heavy atom. The molecule has 94 valence electrons.